The van der Waals surface area contributed by atoms with Gasteiger partial charge in [-0.25, -0.2) is 13.1 Å². The topological polar surface area (TPSA) is 115 Å². The van der Waals surface area contributed by atoms with Crippen molar-refractivity contribution in [3.8, 4) is 0 Å². The third-order valence-electron chi connectivity index (χ3n) is 2.27. The van der Waals surface area contributed by atoms with Crippen LogP contribution in [0.25, 0.3) is 0 Å². The third kappa shape index (κ3) is 4.38. The Kier molecular flexibility index (Phi) is 4.44. The lowest BCUT2D eigenvalue weighted by Crippen LogP contribution is -2.45. The molecule has 0 bridgehead atoms. The Hall–Kier alpha value is -1.31. The molecule has 0 unspecified atom stereocenters. The van der Waals surface area contributed by atoms with Crippen molar-refractivity contribution in [2.45, 2.75) is 30.7 Å². The van der Waals surface area contributed by atoms with Crippen LogP contribution in [0.1, 0.15) is 20.3 Å². The first-order valence-electron chi connectivity index (χ1n) is 5.41. The summed E-state index contributed by atoms with van der Waals surface area (Å²) in [6, 6.07) is 4.15. The number of nitrogens with one attached hydrogen (secondary N) is 1. The van der Waals surface area contributed by atoms with Crippen LogP contribution in [0.3, 0.4) is 0 Å². The molecule has 0 fully saturated rings. The molecule has 19 heavy (non-hydrogen) atoms. The molecule has 6 nitrogen and oxygen atoms in total. The zero-order valence-corrected chi connectivity index (χ0v) is 12.2. The van der Waals surface area contributed by atoms with Crippen molar-refractivity contribution in [1.82, 2.24) is 4.72 Å². The van der Waals surface area contributed by atoms with E-state index in [-0.39, 0.29) is 22.0 Å². The number of primary amides is 1. The molecular formula is C11H16ClN3O3S. The fourth-order valence-corrected chi connectivity index (χ4v) is 3.56. The fourth-order valence-electron chi connectivity index (χ4n) is 1.62. The fraction of sp³-hybridized carbons (Fsp3) is 0.364. The normalized spacial score (nSPS) is 12.4. The summed E-state index contributed by atoms with van der Waals surface area (Å²) >= 11 is 5.85. The van der Waals surface area contributed by atoms with E-state index in [1.165, 1.54) is 18.2 Å². The van der Waals surface area contributed by atoms with E-state index in [2.05, 4.69) is 4.72 Å². The number of anilines is 1. The molecule has 0 saturated carbocycles. The average molecular weight is 306 g/mol. The van der Waals surface area contributed by atoms with E-state index < -0.39 is 21.5 Å². The van der Waals surface area contributed by atoms with Crippen LogP contribution in [0.5, 0.6) is 0 Å². The molecule has 1 rings (SSSR count). The van der Waals surface area contributed by atoms with E-state index in [1.807, 2.05) is 0 Å². The van der Waals surface area contributed by atoms with Crippen molar-refractivity contribution in [3.05, 3.63) is 23.2 Å². The summed E-state index contributed by atoms with van der Waals surface area (Å²) in [6.07, 6.45) is -0.133. The van der Waals surface area contributed by atoms with Crippen molar-refractivity contribution >= 4 is 33.2 Å². The van der Waals surface area contributed by atoms with E-state index in [4.69, 9.17) is 23.1 Å². The molecule has 1 aromatic rings. The molecule has 0 saturated heterocycles. The standard InChI is InChI=1S/C11H16ClN3O3S/c1-11(2,6-10(14)16)15-19(17,18)9-5-7(13)3-4-8(9)12/h3-5,15H,6,13H2,1-2H3,(H2,14,16). The number of carbonyl (C=O) groups is 1. The maximum atomic E-state index is 12.2. The summed E-state index contributed by atoms with van der Waals surface area (Å²) in [5.41, 5.74) is 9.87. The van der Waals surface area contributed by atoms with Crippen molar-refractivity contribution in [3.63, 3.8) is 0 Å². The van der Waals surface area contributed by atoms with Gasteiger partial charge in [-0.15, -0.1) is 0 Å². The summed E-state index contributed by atoms with van der Waals surface area (Å²) < 4.78 is 26.8. The largest absolute Gasteiger partial charge is 0.399 e. The number of benzene rings is 1. The van der Waals surface area contributed by atoms with Crippen molar-refractivity contribution in [1.29, 1.82) is 0 Å². The van der Waals surface area contributed by atoms with E-state index >= 15 is 0 Å². The Morgan fingerprint density at radius 3 is 2.53 bits per heavy atom. The molecular weight excluding hydrogens is 290 g/mol. The zero-order valence-electron chi connectivity index (χ0n) is 10.6. The van der Waals surface area contributed by atoms with Gasteiger partial charge >= 0.3 is 0 Å². The van der Waals surface area contributed by atoms with Crippen LogP contribution >= 0.6 is 11.6 Å². The summed E-state index contributed by atoms with van der Waals surface area (Å²) in [6.45, 7) is 3.10. The van der Waals surface area contributed by atoms with Gasteiger partial charge in [0.25, 0.3) is 0 Å². The smallest absolute Gasteiger partial charge is 0.242 e. The van der Waals surface area contributed by atoms with Crippen LogP contribution in [0.2, 0.25) is 5.02 Å². The van der Waals surface area contributed by atoms with E-state index in [0.29, 0.717) is 0 Å². The Morgan fingerprint density at radius 1 is 1.42 bits per heavy atom. The van der Waals surface area contributed by atoms with E-state index in [0.717, 1.165) is 0 Å². The van der Waals surface area contributed by atoms with Crippen LogP contribution in [0.15, 0.2) is 23.1 Å². The molecule has 0 aliphatic carbocycles. The van der Waals surface area contributed by atoms with Gasteiger partial charge < -0.3 is 11.5 Å². The lowest BCUT2D eigenvalue weighted by molar-refractivity contribution is -0.119. The van der Waals surface area contributed by atoms with Gasteiger partial charge in [0, 0.05) is 17.6 Å². The highest BCUT2D eigenvalue weighted by molar-refractivity contribution is 7.89. The molecule has 0 atom stereocenters. The van der Waals surface area contributed by atoms with Crippen molar-refractivity contribution in [2.24, 2.45) is 5.73 Å². The maximum absolute atomic E-state index is 12.2. The van der Waals surface area contributed by atoms with E-state index in [9.17, 15) is 13.2 Å². The highest BCUT2D eigenvalue weighted by atomic mass is 35.5. The number of carbonyl (C=O) groups excluding carboxylic acids is 1. The Morgan fingerprint density at radius 2 is 2.00 bits per heavy atom. The molecule has 0 spiro atoms. The van der Waals surface area contributed by atoms with Gasteiger partial charge in [-0.1, -0.05) is 11.6 Å². The number of hydrogen-bond acceptors (Lipinski definition) is 4. The van der Waals surface area contributed by atoms with Crippen molar-refractivity contribution in [2.75, 3.05) is 5.73 Å². The van der Waals surface area contributed by atoms with Gasteiger partial charge in [0.1, 0.15) is 4.90 Å². The van der Waals surface area contributed by atoms with Crippen molar-refractivity contribution < 1.29 is 13.2 Å². The highest BCUT2D eigenvalue weighted by Crippen LogP contribution is 2.25. The zero-order chi connectivity index (χ0) is 14.8. The third-order valence-corrected chi connectivity index (χ3v) is 4.45. The number of sulfonamides is 1. The van der Waals surface area contributed by atoms with Gasteiger partial charge in [0.2, 0.25) is 15.9 Å². The first-order chi connectivity index (χ1) is 8.53. The molecule has 0 aliphatic heterocycles. The summed E-state index contributed by atoms with van der Waals surface area (Å²) in [5.74, 6) is -0.605. The first kappa shape index (κ1) is 15.7. The summed E-state index contributed by atoms with van der Waals surface area (Å²) in [4.78, 5) is 10.8. The molecule has 0 aliphatic rings. The molecule has 1 amide bonds. The van der Waals surface area contributed by atoms with Gasteiger partial charge in [-0.2, -0.15) is 0 Å². The Balaban J connectivity index is 3.11. The van der Waals surface area contributed by atoms with Gasteiger partial charge in [0.05, 0.1) is 5.02 Å². The second-order valence-corrected chi connectivity index (χ2v) is 6.88. The lowest BCUT2D eigenvalue weighted by atomic mass is 10.0. The molecule has 1 aromatic carbocycles. The number of hydrogen-bond donors (Lipinski definition) is 3. The number of rotatable bonds is 5. The minimum absolute atomic E-state index is 0.0524. The highest BCUT2D eigenvalue weighted by Gasteiger charge is 2.29. The van der Waals surface area contributed by atoms with Gasteiger partial charge in [-0.05, 0) is 32.0 Å². The molecule has 106 valence electrons. The summed E-state index contributed by atoms with van der Waals surface area (Å²) in [7, 11) is -3.89. The number of halogens is 1. The maximum Gasteiger partial charge on any atom is 0.242 e. The van der Waals surface area contributed by atoms with E-state index in [1.54, 1.807) is 13.8 Å². The SMILES string of the molecule is CC(C)(CC(N)=O)NS(=O)(=O)c1cc(N)ccc1Cl. The first-order valence-corrected chi connectivity index (χ1v) is 7.27. The molecule has 0 radical (unpaired) electrons. The Labute approximate surface area is 117 Å². The molecule has 8 heteroatoms. The second-order valence-electron chi connectivity index (χ2n) is 4.82. The predicted octanol–water partition coefficient (Wildman–Crippen LogP) is 0.855. The van der Waals surface area contributed by atoms with Crippen LogP contribution in [0.4, 0.5) is 5.69 Å². The lowest BCUT2D eigenvalue weighted by Gasteiger charge is -2.24. The van der Waals surface area contributed by atoms with Crippen LogP contribution in [0, 0.1) is 0 Å². The molecule has 5 N–H and O–H groups in total. The average Bonchev–Trinajstić information content (AvgIpc) is 2.17. The minimum Gasteiger partial charge on any atom is -0.399 e. The van der Waals surface area contributed by atoms with Gasteiger partial charge in [0.15, 0.2) is 0 Å². The number of nitrogen functional groups attached to an aromatic ring is 1. The quantitative estimate of drug-likeness (QED) is 0.699. The number of amides is 1. The van der Waals surface area contributed by atoms with Crippen LogP contribution in [-0.4, -0.2) is 19.9 Å². The predicted molar refractivity (Wildman–Crippen MR) is 74.1 cm³/mol. The van der Waals surface area contributed by atoms with Crippen LogP contribution < -0.4 is 16.2 Å². The molecule has 0 aromatic heterocycles. The monoisotopic (exact) mass is 305 g/mol. The minimum atomic E-state index is -3.89. The summed E-state index contributed by atoms with van der Waals surface area (Å²) in [5, 5.41) is 0.0524. The Bertz CT molecular complexity index is 599. The molecule has 0 heterocycles. The van der Waals surface area contributed by atoms with Gasteiger partial charge in [-0.3, -0.25) is 4.79 Å². The van der Waals surface area contributed by atoms with Crippen LogP contribution in [-0.2, 0) is 14.8 Å². The second kappa shape index (κ2) is 5.36. The number of nitrogens with two attached hydrogens (primary N) is 2.